The second kappa shape index (κ2) is 6.61. The van der Waals surface area contributed by atoms with Gasteiger partial charge in [-0.3, -0.25) is 4.79 Å². The van der Waals surface area contributed by atoms with Crippen molar-refractivity contribution in [3.05, 3.63) is 63.9 Å². The first-order chi connectivity index (χ1) is 9.49. The van der Waals surface area contributed by atoms with E-state index in [1.54, 1.807) is 37.3 Å². The van der Waals surface area contributed by atoms with Gasteiger partial charge in [0.05, 0.1) is 10.3 Å². The van der Waals surface area contributed by atoms with Crippen LogP contribution in [0.4, 0.5) is 4.39 Å². The van der Waals surface area contributed by atoms with Crippen molar-refractivity contribution >= 4 is 40.7 Å². The molecule has 104 valence electrons. The summed E-state index contributed by atoms with van der Waals surface area (Å²) >= 11 is 13.0. The highest BCUT2D eigenvalue weighted by Crippen LogP contribution is 2.30. The summed E-state index contributed by atoms with van der Waals surface area (Å²) in [4.78, 5) is 12.8. The number of rotatable bonds is 4. The molecule has 0 fully saturated rings. The summed E-state index contributed by atoms with van der Waals surface area (Å²) in [6, 6.07) is 11.1. The van der Waals surface area contributed by atoms with E-state index in [4.69, 9.17) is 23.2 Å². The highest BCUT2D eigenvalue weighted by molar-refractivity contribution is 8.00. The van der Waals surface area contributed by atoms with E-state index in [2.05, 4.69) is 0 Å². The minimum Gasteiger partial charge on any atom is -0.293 e. The molecule has 0 heterocycles. The third-order valence-corrected chi connectivity index (χ3v) is 4.41. The number of Topliss-reactive ketones (excluding diaryl/α,β-unsaturated/α-hetero) is 1. The van der Waals surface area contributed by atoms with Crippen molar-refractivity contribution < 1.29 is 9.18 Å². The van der Waals surface area contributed by atoms with Gasteiger partial charge in [0.25, 0.3) is 0 Å². The van der Waals surface area contributed by atoms with Crippen LogP contribution in [-0.2, 0) is 0 Å². The molecular formula is C15H11Cl2FOS. The van der Waals surface area contributed by atoms with Crippen LogP contribution in [0.15, 0.2) is 47.4 Å². The van der Waals surface area contributed by atoms with Crippen molar-refractivity contribution in [3.8, 4) is 0 Å². The van der Waals surface area contributed by atoms with E-state index < -0.39 is 5.25 Å². The molecule has 0 saturated carbocycles. The number of ketones is 1. The minimum absolute atomic E-state index is 0.153. The fourth-order valence-electron chi connectivity index (χ4n) is 1.69. The van der Waals surface area contributed by atoms with Crippen LogP contribution in [0.5, 0.6) is 0 Å². The Morgan fingerprint density at radius 1 is 1.20 bits per heavy atom. The van der Waals surface area contributed by atoms with Crippen molar-refractivity contribution in [2.24, 2.45) is 0 Å². The molecule has 0 N–H and O–H groups in total. The largest absolute Gasteiger partial charge is 0.293 e. The third-order valence-electron chi connectivity index (χ3n) is 2.71. The number of hydrogen-bond acceptors (Lipinski definition) is 2. The van der Waals surface area contributed by atoms with Crippen molar-refractivity contribution in [2.45, 2.75) is 17.1 Å². The average Bonchev–Trinajstić information content (AvgIpc) is 2.40. The van der Waals surface area contributed by atoms with Crippen LogP contribution in [0, 0.1) is 5.82 Å². The summed E-state index contributed by atoms with van der Waals surface area (Å²) in [5, 5.41) is 0.343. The fourth-order valence-corrected chi connectivity index (χ4v) is 3.15. The lowest BCUT2D eigenvalue weighted by atomic mass is 10.1. The molecule has 1 nitrogen and oxygen atoms in total. The van der Waals surface area contributed by atoms with Gasteiger partial charge in [0.15, 0.2) is 5.78 Å². The lowest BCUT2D eigenvalue weighted by Gasteiger charge is -2.12. The van der Waals surface area contributed by atoms with Crippen LogP contribution in [-0.4, -0.2) is 11.0 Å². The molecule has 1 atom stereocenters. The Kier molecular flexibility index (Phi) is 5.08. The highest BCUT2D eigenvalue weighted by Gasteiger charge is 2.20. The summed E-state index contributed by atoms with van der Waals surface area (Å²) < 4.78 is 13.6. The molecule has 5 heteroatoms. The Morgan fingerprint density at radius 3 is 2.55 bits per heavy atom. The van der Waals surface area contributed by atoms with Gasteiger partial charge in [0.2, 0.25) is 0 Å². The van der Waals surface area contributed by atoms with E-state index >= 15 is 0 Å². The number of benzene rings is 2. The van der Waals surface area contributed by atoms with Crippen molar-refractivity contribution in [2.75, 3.05) is 0 Å². The minimum atomic E-state index is -0.439. The quantitative estimate of drug-likeness (QED) is 0.544. The molecular weight excluding hydrogens is 318 g/mol. The van der Waals surface area contributed by atoms with Gasteiger partial charge in [-0.15, -0.1) is 11.8 Å². The summed E-state index contributed by atoms with van der Waals surface area (Å²) in [6.07, 6.45) is 0. The molecule has 0 aliphatic heterocycles. The molecule has 0 radical (unpaired) electrons. The molecule has 0 spiro atoms. The molecule has 0 aromatic heterocycles. The molecule has 0 bridgehead atoms. The van der Waals surface area contributed by atoms with Crippen molar-refractivity contribution in [1.82, 2.24) is 0 Å². The zero-order chi connectivity index (χ0) is 14.7. The van der Waals surface area contributed by atoms with Gasteiger partial charge in [-0.25, -0.2) is 4.39 Å². The average molecular weight is 329 g/mol. The first-order valence-corrected chi connectivity index (χ1v) is 7.53. The van der Waals surface area contributed by atoms with E-state index in [0.717, 1.165) is 0 Å². The molecule has 2 rings (SSSR count). The number of carbonyl (C=O) groups is 1. The molecule has 0 amide bonds. The van der Waals surface area contributed by atoms with Gasteiger partial charge in [-0.1, -0.05) is 35.3 Å². The van der Waals surface area contributed by atoms with Gasteiger partial charge >= 0.3 is 0 Å². The molecule has 2 aromatic carbocycles. The summed E-state index contributed by atoms with van der Waals surface area (Å²) in [5.74, 6) is -0.487. The van der Waals surface area contributed by atoms with Crippen LogP contribution in [0.1, 0.15) is 17.3 Å². The first kappa shape index (κ1) is 15.4. The maximum atomic E-state index is 13.6. The number of carbonyl (C=O) groups excluding carboxylic acids is 1. The van der Waals surface area contributed by atoms with Gasteiger partial charge in [-0.2, -0.15) is 0 Å². The molecule has 0 aliphatic rings. The second-order valence-corrected chi connectivity index (χ2v) is 6.41. The van der Waals surface area contributed by atoms with Gasteiger partial charge < -0.3 is 0 Å². The van der Waals surface area contributed by atoms with Gasteiger partial charge in [0.1, 0.15) is 5.82 Å². The summed E-state index contributed by atoms with van der Waals surface area (Å²) in [5.41, 5.74) is 0.396. The topological polar surface area (TPSA) is 17.1 Å². The normalized spacial score (nSPS) is 12.2. The van der Waals surface area contributed by atoms with Crippen LogP contribution in [0.3, 0.4) is 0 Å². The van der Waals surface area contributed by atoms with Crippen LogP contribution in [0.25, 0.3) is 0 Å². The third kappa shape index (κ3) is 3.54. The fraction of sp³-hybridized carbons (Fsp3) is 0.133. The Morgan fingerprint density at radius 2 is 1.90 bits per heavy atom. The van der Waals surface area contributed by atoms with Crippen LogP contribution >= 0.6 is 35.0 Å². The lowest BCUT2D eigenvalue weighted by molar-refractivity contribution is 0.0994. The van der Waals surface area contributed by atoms with Crippen molar-refractivity contribution in [1.29, 1.82) is 0 Å². The van der Waals surface area contributed by atoms with Crippen molar-refractivity contribution in [3.63, 3.8) is 0 Å². The number of halogens is 3. The van der Waals surface area contributed by atoms with E-state index in [-0.39, 0.29) is 11.6 Å². The molecule has 20 heavy (non-hydrogen) atoms. The van der Waals surface area contributed by atoms with E-state index in [1.807, 2.05) is 0 Å². The van der Waals surface area contributed by atoms with Gasteiger partial charge in [-0.05, 0) is 37.3 Å². The maximum Gasteiger partial charge on any atom is 0.177 e. The zero-order valence-electron chi connectivity index (χ0n) is 10.6. The summed E-state index contributed by atoms with van der Waals surface area (Å²) in [7, 11) is 0. The zero-order valence-corrected chi connectivity index (χ0v) is 12.9. The van der Waals surface area contributed by atoms with E-state index in [1.165, 1.54) is 23.9 Å². The Bertz CT molecular complexity index is 646. The van der Waals surface area contributed by atoms with E-state index in [9.17, 15) is 9.18 Å². The Hall–Kier alpha value is -1.03. The van der Waals surface area contributed by atoms with E-state index in [0.29, 0.717) is 20.5 Å². The molecule has 0 aliphatic carbocycles. The Balaban J connectivity index is 2.19. The molecule has 1 unspecified atom stereocenters. The molecule has 2 aromatic rings. The predicted octanol–water partition coefficient (Wildman–Crippen LogP) is 5.50. The van der Waals surface area contributed by atoms with Crippen LogP contribution in [0.2, 0.25) is 10.0 Å². The smallest absolute Gasteiger partial charge is 0.177 e. The van der Waals surface area contributed by atoms with Crippen LogP contribution < -0.4 is 0 Å². The highest BCUT2D eigenvalue weighted by atomic mass is 35.5. The lowest BCUT2D eigenvalue weighted by Crippen LogP contribution is -2.14. The van der Waals surface area contributed by atoms with Gasteiger partial charge in [0, 0.05) is 15.5 Å². The maximum absolute atomic E-state index is 13.6. The molecule has 0 saturated heterocycles. The number of hydrogen-bond donors (Lipinski definition) is 0. The summed E-state index contributed by atoms with van der Waals surface area (Å²) in [6.45, 7) is 1.73. The standard InChI is InChI=1S/C15H11Cl2FOS/c1-9(20-14-5-3-2-4-13(14)18)15(19)11-7-6-10(16)8-12(11)17/h2-9H,1H3. The SMILES string of the molecule is CC(Sc1ccccc1F)C(=O)c1ccc(Cl)cc1Cl. The first-order valence-electron chi connectivity index (χ1n) is 5.89. The Labute approximate surface area is 131 Å². The second-order valence-electron chi connectivity index (χ2n) is 4.18. The monoisotopic (exact) mass is 328 g/mol. The number of thioether (sulfide) groups is 1. The predicted molar refractivity (Wildman–Crippen MR) is 82.5 cm³/mol.